The summed E-state index contributed by atoms with van der Waals surface area (Å²) in [5, 5.41) is 2.00. The van der Waals surface area contributed by atoms with E-state index >= 15 is 0 Å². The highest BCUT2D eigenvalue weighted by atomic mass is 35.5. The van der Waals surface area contributed by atoms with Crippen LogP contribution in [-0.2, 0) is 4.74 Å². The van der Waals surface area contributed by atoms with Gasteiger partial charge in [0.05, 0.1) is 10.2 Å². The first-order valence-electron chi connectivity index (χ1n) is 7.66. The average Bonchev–Trinajstić information content (AvgIpc) is 2.94. The second kappa shape index (κ2) is 6.53. The summed E-state index contributed by atoms with van der Waals surface area (Å²) in [4.78, 5) is 22.9. The third-order valence-corrected chi connectivity index (χ3v) is 4.35. The number of rotatable bonds is 2. The first-order chi connectivity index (χ1) is 11.3. The van der Waals surface area contributed by atoms with Crippen LogP contribution in [0.2, 0.25) is 5.28 Å². The second-order valence-electron chi connectivity index (χ2n) is 6.38. The maximum absolute atomic E-state index is 12.9. The highest BCUT2D eigenvalue weighted by molar-refractivity contribution is 7.17. The van der Waals surface area contributed by atoms with Gasteiger partial charge in [0.15, 0.2) is 5.82 Å². The van der Waals surface area contributed by atoms with Crippen molar-refractivity contribution in [1.82, 2.24) is 9.97 Å². The summed E-state index contributed by atoms with van der Waals surface area (Å²) < 4.78 is 6.38. The van der Waals surface area contributed by atoms with Gasteiger partial charge in [-0.2, -0.15) is 4.98 Å². The first kappa shape index (κ1) is 16.9. The Morgan fingerprint density at radius 1 is 1.33 bits per heavy atom. The Bertz CT molecular complexity index is 836. The molecule has 0 saturated carbocycles. The molecule has 3 rings (SSSR count). The molecular formula is C17H18ClN3O2S. The predicted octanol–water partition coefficient (Wildman–Crippen LogP) is 5.32. The van der Waals surface area contributed by atoms with Crippen molar-refractivity contribution in [3.05, 3.63) is 40.7 Å². The molecule has 1 aliphatic carbocycles. The number of hydrogen-bond donors (Lipinski definition) is 0. The molecule has 0 fully saturated rings. The van der Waals surface area contributed by atoms with Gasteiger partial charge in [-0.05, 0) is 62.7 Å². The van der Waals surface area contributed by atoms with E-state index in [9.17, 15) is 4.79 Å². The maximum atomic E-state index is 12.9. The zero-order valence-electron chi connectivity index (χ0n) is 13.7. The lowest BCUT2D eigenvalue weighted by Gasteiger charge is -2.28. The molecule has 1 aliphatic rings. The fraction of sp³-hybridized carbons (Fsp3) is 0.353. The van der Waals surface area contributed by atoms with E-state index in [4.69, 9.17) is 16.3 Å². The van der Waals surface area contributed by atoms with Gasteiger partial charge in [-0.3, -0.25) is 0 Å². The fourth-order valence-electron chi connectivity index (χ4n) is 2.36. The van der Waals surface area contributed by atoms with Gasteiger partial charge in [0.1, 0.15) is 5.60 Å². The number of amides is 1. The van der Waals surface area contributed by atoms with Crippen LogP contribution in [0.5, 0.6) is 0 Å². The number of anilines is 1. The minimum Gasteiger partial charge on any atom is -0.443 e. The fourth-order valence-corrected chi connectivity index (χ4v) is 3.34. The molecule has 0 bridgehead atoms. The van der Waals surface area contributed by atoms with Crippen molar-refractivity contribution in [3.63, 3.8) is 0 Å². The Morgan fingerprint density at radius 3 is 2.79 bits per heavy atom. The van der Waals surface area contributed by atoms with Gasteiger partial charge in [0.2, 0.25) is 5.28 Å². The Morgan fingerprint density at radius 2 is 2.12 bits per heavy atom. The third kappa shape index (κ3) is 3.60. The van der Waals surface area contributed by atoms with Crippen LogP contribution < -0.4 is 4.90 Å². The van der Waals surface area contributed by atoms with Crippen molar-refractivity contribution in [2.24, 2.45) is 0 Å². The molecule has 2 aromatic rings. The van der Waals surface area contributed by atoms with Crippen molar-refractivity contribution in [3.8, 4) is 0 Å². The minimum atomic E-state index is -0.611. The second-order valence-corrected chi connectivity index (χ2v) is 7.63. The molecule has 2 aromatic heterocycles. The van der Waals surface area contributed by atoms with Gasteiger partial charge in [0, 0.05) is 5.70 Å². The number of hydrogen-bond acceptors (Lipinski definition) is 5. The molecule has 2 heterocycles. The molecule has 0 radical (unpaired) electrons. The molecule has 0 aliphatic heterocycles. The molecule has 0 aromatic carbocycles. The Balaban J connectivity index is 2.13. The molecule has 0 unspecified atom stereocenters. The highest BCUT2D eigenvalue weighted by Crippen LogP contribution is 2.34. The minimum absolute atomic E-state index is 0.102. The van der Waals surface area contributed by atoms with Crippen molar-refractivity contribution >= 4 is 45.1 Å². The van der Waals surface area contributed by atoms with Crippen molar-refractivity contribution in [2.75, 3.05) is 4.90 Å². The van der Waals surface area contributed by atoms with Crippen LogP contribution in [0.3, 0.4) is 0 Å². The summed E-state index contributed by atoms with van der Waals surface area (Å²) in [6, 6.07) is 1.86. The topological polar surface area (TPSA) is 55.3 Å². The molecule has 0 atom stereocenters. The monoisotopic (exact) mass is 363 g/mol. The first-order valence-corrected chi connectivity index (χ1v) is 8.91. The summed E-state index contributed by atoms with van der Waals surface area (Å²) in [5.74, 6) is 0.451. The summed E-state index contributed by atoms with van der Waals surface area (Å²) >= 11 is 7.53. The van der Waals surface area contributed by atoms with Crippen LogP contribution in [-0.4, -0.2) is 21.7 Å². The number of allylic oxidation sites excluding steroid dienone is 3. The van der Waals surface area contributed by atoms with Gasteiger partial charge in [-0.1, -0.05) is 12.2 Å². The van der Waals surface area contributed by atoms with Crippen LogP contribution in [0.15, 0.2) is 35.4 Å². The van der Waals surface area contributed by atoms with Crippen molar-refractivity contribution < 1.29 is 9.53 Å². The zero-order valence-corrected chi connectivity index (χ0v) is 15.3. The number of thiophene rings is 1. The molecule has 7 heteroatoms. The SMILES string of the molecule is CC(C)(C)OC(=O)N(C1=CCCC=C1)c1nc(Cl)nc2ccsc12. The molecule has 0 spiro atoms. The lowest BCUT2D eigenvalue weighted by molar-refractivity contribution is 0.0593. The van der Waals surface area contributed by atoms with E-state index in [0.717, 1.165) is 23.2 Å². The van der Waals surface area contributed by atoms with E-state index < -0.39 is 11.7 Å². The van der Waals surface area contributed by atoms with E-state index in [2.05, 4.69) is 9.97 Å². The lowest BCUT2D eigenvalue weighted by Crippen LogP contribution is -2.36. The van der Waals surface area contributed by atoms with Gasteiger partial charge >= 0.3 is 6.09 Å². The number of carbonyl (C=O) groups excluding carboxylic acids is 1. The molecule has 24 heavy (non-hydrogen) atoms. The van der Waals surface area contributed by atoms with Crippen LogP contribution in [0.1, 0.15) is 33.6 Å². The lowest BCUT2D eigenvalue weighted by atomic mass is 10.1. The number of aromatic nitrogens is 2. The molecule has 126 valence electrons. The zero-order chi connectivity index (χ0) is 17.3. The highest BCUT2D eigenvalue weighted by Gasteiger charge is 2.29. The molecule has 1 amide bonds. The quantitative estimate of drug-likeness (QED) is 0.677. The van der Waals surface area contributed by atoms with E-state index in [1.807, 2.05) is 50.4 Å². The third-order valence-electron chi connectivity index (χ3n) is 3.28. The number of carbonyl (C=O) groups is 1. The summed E-state index contributed by atoms with van der Waals surface area (Å²) in [6.07, 6.45) is 7.26. The van der Waals surface area contributed by atoms with E-state index in [0.29, 0.717) is 11.3 Å². The average molecular weight is 364 g/mol. The van der Waals surface area contributed by atoms with Crippen LogP contribution in [0.4, 0.5) is 10.6 Å². The van der Waals surface area contributed by atoms with Crippen LogP contribution in [0.25, 0.3) is 10.2 Å². The van der Waals surface area contributed by atoms with Gasteiger partial charge < -0.3 is 4.74 Å². The van der Waals surface area contributed by atoms with E-state index in [1.54, 1.807) is 0 Å². The van der Waals surface area contributed by atoms with Crippen LogP contribution in [0, 0.1) is 0 Å². The smallest absolute Gasteiger partial charge is 0.420 e. The summed E-state index contributed by atoms with van der Waals surface area (Å²) in [5.41, 5.74) is 0.837. The van der Waals surface area contributed by atoms with Gasteiger partial charge in [-0.15, -0.1) is 11.3 Å². The standard InChI is InChI=1S/C17H18ClN3O2S/c1-17(2,3)23-16(22)21(11-7-5-4-6-8-11)14-13-12(9-10-24-13)19-15(18)20-14/h5,7-10H,4,6H2,1-3H3. The summed E-state index contributed by atoms with van der Waals surface area (Å²) in [6.45, 7) is 5.51. The molecule has 5 nitrogen and oxygen atoms in total. The van der Waals surface area contributed by atoms with Gasteiger partial charge in [0.25, 0.3) is 0 Å². The molecule has 0 N–H and O–H groups in total. The van der Waals surface area contributed by atoms with E-state index in [1.165, 1.54) is 16.2 Å². The van der Waals surface area contributed by atoms with E-state index in [-0.39, 0.29) is 5.28 Å². The van der Waals surface area contributed by atoms with Gasteiger partial charge in [-0.25, -0.2) is 14.7 Å². The number of halogens is 1. The normalized spacial score (nSPS) is 14.6. The Kier molecular flexibility index (Phi) is 4.60. The molecular weight excluding hydrogens is 346 g/mol. The number of ether oxygens (including phenoxy) is 1. The maximum Gasteiger partial charge on any atom is 0.420 e. The van der Waals surface area contributed by atoms with Crippen molar-refractivity contribution in [1.29, 1.82) is 0 Å². The molecule has 0 saturated heterocycles. The Hall–Kier alpha value is -1.92. The predicted molar refractivity (Wildman–Crippen MR) is 97.6 cm³/mol. The Labute approximate surface area is 149 Å². The summed E-state index contributed by atoms with van der Waals surface area (Å²) in [7, 11) is 0. The van der Waals surface area contributed by atoms with Crippen molar-refractivity contribution in [2.45, 2.75) is 39.2 Å². The largest absolute Gasteiger partial charge is 0.443 e. The number of nitrogens with zero attached hydrogens (tertiary/aromatic N) is 3. The van der Waals surface area contributed by atoms with Crippen LogP contribution >= 0.6 is 22.9 Å². The number of fused-ring (bicyclic) bond motifs is 1.